The molecular weight excluding hydrogens is 416 g/mol. The monoisotopic (exact) mass is 440 g/mol. The Morgan fingerprint density at radius 3 is 2.52 bits per heavy atom. The molecule has 8 heteroatoms. The maximum Gasteiger partial charge on any atom is 0.262 e. The van der Waals surface area contributed by atoms with Crippen LogP contribution in [0.5, 0.6) is 11.5 Å². The van der Waals surface area contributed by atoms with Gasteiger partial charge in [0.1, 0.15) is 11.5 Å². The minimum Gasteiger partial charge on any atom is -0.495 e. The first-order valence-corrected chi connectivity index (χ1v) is 11.5. The number of carbonyl (C=O) groups is 1. The first-order valence-electron chi connectivity index (χ1n) is 10.1. The molecule has 0 aliphatic carbocycles. The van der Waals surface area contributed by atoms with Crippen LogP contribution < -0.4 is 14.8 Å². The van der Waals surface area contributed by atoms with Gasteiger partial charge >= 0.3 is 0 Å². The van der Waals surface area contributed by atoms with Gasteiger partial charge < -0.3 is 14.8 Å². The number of carbonyl (C=O) groups excluding carboxylic acids is 1. The van der Waals surface area contributed by atoms with Crippen molar-refractivity contribution in [2.24, 2.45) is 0 Å². The van der Waals surface area contributed by atoms with Crippen LogP contribution in [0.25, 0.3) is 10.8 Å². The van der Waals surface area contributed by atoms with Gasteiger partial charge in [-0.15, -0.1) is 0 Å². The highest BCUT2D eigenvalue weighted by atomic mass is 32.2. The van der Waals surface area contributed by atoms with E-state index >= 15 is 0 Å². The highest BCUT2D eigenvalue weighted by molar-refractivity contribution is 7.89. The average Bonchev–Trinajstić information content (AvgIpc) is 3.33. The van der Waals surface area contributed by atoms with E-state index in [4.69, 9.17) is 9.47 Å². The molecule has 4 rings (SSSR count). The van der Waals surface area contributed by atoms with Gasteiger partial charge in [0.15, 0.2) is 6.61 Å². The van der Waals surface area contributed by atoms with Crippen molar-refractivity contribution in [2.75, 3.05) is 32.1 Å². The molecule has 0 unspecified atom stereocenters. The molecule has 1 fully saturated rings. The summed E-state index contributed by atoms with van der Waals surface area (Å²) >= 11 is 0. The Balaban J connectivity index is 1.50. The Morgan fingerprint density at radius 1 is 1.00 bits per heavy atom. The van der Waals surface area contributed by atoms with E-state index in [1.54, 1.807) is 12.1 Å². The Labute approximate surface area is 181 Å². The molecule has 3 aromatic carbocycles. The summed E-state index contributed by atoms with van der Waals surface area (Å²) in [4.78, 5) is 12.7. The van der Waals surface area contributed by atoms with Crippen molar-refractivity contribution >= 4 is 32.4 Å². The van der Waals surface area contributed by atoms with Gasteiger partial charge in [-0.3, -0.25) is 4.79 Å². The maximum atomic E-state index is 12.9. The molecular formula is C23H24N2O5S. The summed E-state index contributed by atoms with van der Waals surface area (Å²) in [6.45, 7) is 0.796. The largest absolute Gasteiger partial charge is 0.495 e. The second-order valence-corrected chi connectivity index (χ2v) is 9.23. The van der Waals surface area contributed by atoms with E-state index in [-0.39, 0.29) is 17.2 Å². The van der Waals surface area contributed by atoms with E-state index in [2.05, 4.69) is 5.32 Å². The number of rotatable bonds is 7. The van der Waals surface area contributed by atoms with E-state index in [1.807, 2.05) is 36.4 Å². The van der Waals surface area contributed by atoms with E-state index in [0.717, 1.165) is 23.6 Å². The number of benzene rings is 3. The van der Waals surface area contributed by atoms with Crippen molar-refractivity contribution in [1.29, 1.82) is 0 Å². The summed E-state index contributed by atoms with van der Waals surface area (Å²) in [5, 5.41) is 4.64. The third-order valence-corrected chi connectivity index (χ3v) is 7.15. The number of nitrogens with zero attached hydrogens (tertiary/aromatic N) is 1. The number of anilines is 1. The molecule has 0 spiro atoms. The summed E-state index contributed by atoms with van der Waals surface area (Å²) in [5.74, 6) is 0.561. The molecule has 0 aromatic heterocycles. The lowest BCUT2D eigenvalue weighted by Crippen LogP contribution is -2.28. The van der Waals surface area contributed by atoms with Gasteiger partial charge in [0.25, 0.3) is 5.91 Å². The fraction of sp³-hybridized carbons (Fsp3) is 0.261. The minimum atomic E-state index is -3.61. The number of hydrogen-bond acceptors (Lipinski definition) is 5. The predicted molar refractivity (Wildman–Crippen MR) is 119 cm³/mol. The molecule has 1 N–H and O–H groups in total. The fourth-order valence-corrected chi connectivity index (χ4v) is 5.22. The molecule has 7 nitrogen and oxygen atoms in total. The molecule has 0 atom stereocenters. The van der Waals surface area contributed by atoms with Crippen LogP contribution in [-0.2, 0) is 14.8 Å². The van der Waals surface area contributed by atoms with E-state index in [0.29, 0.717) is 24.6 Å². The lowest BCUT2D eigenvalue weighted by atomic mass is 10.1. The van der Waals surface area contributed by atoms with Crippen LogP contribution in [0.4, 0.5) is 5.69 Å². The number of sulfonamides is 1. The standard InChI is InChI=1S/C23H24N2O5S/c1-29-22-12-11-18(31(27,28)25-13-4-5-14-25)15-20(22)24-23(26)16-30-21-10-6-8-17-7-2-3-9-19(17)21/h2-3,6-12,15H,4-5,13-14,16H2,1H3,(H,24,26). The molecule has 1 saturated heterocycles. The number of methoxy groups -OCH3 is 1. The Hall–Kier alpha value is -3.10. The van der Waals surface area contributed by atoms with Crippen LogP contribution in [0.1, 0.15) is 12.8 Å². The summed E-state index contributed by atoms with van der Waals surface area (Å²) in [5.41, 5.74) is 0.286. The number of ether oxygens (including phenoxy) is 2. The van der Waals surface area contributed by atoms with Crippen molar-refractivity contribution < 1.29 is 22.7 Å². The molecule has 1 heterocycles. The number of hydrogen-bond donors (Lipinski definition) is 1. The van der Waals surface area contributed by atoms with Gasteiger partial charge in [-0.25, -0.2) is 8.42 Å². The van der Waals surface area contributed by atoms with E-state index in [1.165, 1.54) is 23.5 Å². The maximum absolute atomic E-state index is 12.9. The van der Waals surface area contributed by atoms with Gasteiger partial charge in [-0.05, 0) is 42.5 Å². The van der Waals surface area contributed by atoms with Crippen LogP contribution in [0, 0.1) is 0 Å². The molecule has 1 amide bonds. The highest BCUT2D eigenvalue weighted by Gasteiger charge is 2.28. The lowest BCUT2D eigenvalue weighted by molar-refractivity contribution is -0.118. The molecule has 1 aliphatic rings. The van der Waals surface area contributed by atoms with Gasteiger partial charge in [-0.1, -0.05) is 36.4 Å². The molecule has 31 heavy (non-hydrogen) atoms. The van der Waals surface area contributed by atoms with E-state index in [9.17, 15) is 13.2 Å². The smallest absolute Gasteiger partial charge is 0.262 e. The fourth-order valence-electron chi connectivity index (χ4n) is 3.67. The van der Waals surface area contributed by atoms with Crippen molar-refractivity contribution in [3.8, 4) is 11.5 Å². The van der Waals surface area contributed by atoms with E-state index < -0.39 is 15.9 Å². The third-order valence-electron chi connectivity index (χ3n) is 5.26. The first kappa shape index (κ1) is 21.1. The van der Waals surface area contributed by atoms with Crippen LogP contribution in [0.3, 0.4) is 0 Å². The number of nitrogens with one attached hydrogen (secondary N) is 1. The van der Waals surface area contributed by atoms with Crippen molar-refractivity contribution in [2.45, 2.75) is 17.7 Å². The van der Waals surface area contributed by atoms with Gasteiger partial charge in [0.2, 0.25) is 10.0 Å². The summed E-state index contributed by atoms with van der Waals surface area (Å²) < 4.78 is 38.2. The minimum absolute atomic E-state index is 0.125. The predicted octanol–water partition coefficient (Wildman–Crippen LogP) is 3.65. The Bertz CT molecular complexity index is 1200. The molecule has 0 saturated carbocycles. The molecule has 3 aromatic rings. The van der Waals surface area contributed by atoms with Gasteiger partial charge in [-0.2, -0.15) is 4.31 Å². The quantitative estimate of drug-likeness (QED) is 0.606. The summed E-state index contributed by atoms with van der Waals surface area (Å²) in [6, 6.07) is 17.9. The average molecular weight is 441 g/mol. The van der Waals surface area contributed by atoms with Gasteiger partial charge in [0, 0.05) is 18.5 Å². The zero-order chi connectivity index (χ0) is 21.8. The molecule has 0 bridgehead atoms. The van der Waals surface area contributed by atoms with Crippen LogP contribution in [0.15, 0.2) is 65.6 Å². The second kappa shape index (κ2) is 8.95. The number of amides is 1. The second-order valence-electron chi connectivity index (χ2n) is 7.29. The number of fused-ring (bicyclic) bond motifs is 1. The van der Waals surface area contributed by atoms with Gasteiger partial charge in [0.05, 0.1) is 17.7 Å². The lowest BCUT2D eigenvalue weighted by Gasteiger charge is -2.17. The highest BCUT2D eigenvalue weighted by Crippen LogP contribution is 2.30. The zero-order valence-corrected chi connectivity index (χ0v) is 18.0. The summed E-state index contributed by atoms with van der Waals surface area (Å²) in [6.07, 6.45) is 1.70. The van der Waals surface area contributed by atoms with Crippen molar-refractivity contribution in [3.63, 3.8) is 0 Å². The zero-order valence-electron chi connectivity index (χ0n) is 17.2. The molecule has 162 valence electrons. The van der Waals surface area contributed by atoms with Crippen molar-refractivity contribution in [1.82, 2.24) is 4.31 Å². The first-order chi connectivity index (χ1) is 15.0. The van der Waals surface area contributed by atoms with Crippen LogP contribution in [-0.4, -0.2) is 45.4 Å². The molecule has 0 radical (unpaired) electrons. The van der Waals surface area contributed by atoms with Crippen LogP contribution in [0.2, 0.25) is 0 Å². The topological polar surface area (TPSA) is 84.9 Å². The summed E-state index contributed by atoms with van der Waals surface area (Å²) in [7, 11) is -2.14. The normalized spacial score (nSPS) is 14.5. The Kier molecular flexibility index (Phi) is 6.11. The van der Waals surface area contributed by atoms with Crippen molar-refractivity contribution in [3.05, 3.63) is 60.7 Å². The molecule has 1 aliphatic heterocycles. The SMILES string of the molecule is COc1ccc(S(=O)(=O)N2CCCC2)cc1NC(=O)COc1cccc2ccccc12. The Morgan fingerprint density at radius 2 is 1.74 bits per heavy atom. The third kappa shape index (κ3) is 4.50. The van der Waals surface area contributed by atoms with Crippen LogP contribution >= 0.6 is 0 Å².